The number of hydrogen-bond donors (Lipinski definition) is 1. The van der Waals surface area contributed by atoms with Crippen LogP contribution in [0.3, 0.4) is 0 Å². The third-order valence-electron chi connectivity index (χ3n) is 5.98. The van der Waals surface area contributed by atoms with Crippen LogP contribution in [0.1, 0.15) is 56.1 Å². The first-order chi connectivity index (χ1) is 12.1. The van der Waals surface area contributed by atoms with Crippen molar-refractivity contribution in [3.8, 4) is 0 Å². The van der Waals surface area contributed by atoms with E-state index in [4.69, 9.17) is 0 Å². The molecule has 1 heterocycles. The lowest BCUT2D eigenvalue weighted by molar-refractivity contribution is -0.138. The van der Waals surface area contributed by atoms with Crippen molar-refractivity contribution < 1.29 is 9.59 Å². The molecular weight excluding hydrogens is 312 g/mol. The fourth-order valence-electron chi connectivity index (χ4n) is 4.10. The van der Waals surface area contributed by atoms with Crippen LogP contribution in [0.4, 0.5) is 5.69 Å². The predicted octanol–water partition coefficient (Wildman–Crippen LogP) is 4.06. The van der Waals surface area contributed by atoms with E-state index in [0.29, 0.717) is 5.91 Å². The van der Waals surface area contributed by atoms with Crippen LogP contribution in [-0.4, -0.2) is 29.8 Å². The molecule has 136 valence electrons. The fraction of sp³-hybridized carbons (Fsp3) is 0.619. The molecule has 1 aliphatic carbocycles. The maximum absolute atomic E-state index is 12.6. The highest BCUT2D eigenvalue weighted by Gasteiger charge is 2.32. The number of anilines is 1. The van der Waals surface area contributed by atoms with Crippen LogP contribution in [0.25, 0.3) is 0 Å². The monoisotopic (exact) mass is 342 g/mol. The SMILES string of the molecule is Cc1cccc(NC(=O)C2CCC(C(=O)N3CCCCC3)CC2)c1C. The summed E-state index contributed by atoms with van der Waals surface area (Å²) in [5.41, 5.74) is 3.23. The first-order valence-corrected chi connectivity index (χ1v) is 9.72. The molecule has 4 nitrogen and oxygen atoms in total. The maximum Gasteiger partial charge on any atom is 0.227 e. The largest absolute Gasteiger partial charge is 0.342 e. The molecule has 0 spiro atoms. The van der Waals surface area contributed by atoms with Crippen LogP contribution in [0.15, 0.2) is 18.2 Å². The predicted molar refractivity (Wildman–Crippen MR) is 100 cm³/mol. The van der Waals surface area contributed by atoms with E-state index in [9.17, 15) is 9.59 Å². The van der Waals surface area contributed by atoms with Gasteiger partial charge in [0.2, 0.25) is 11.8 Å². The summed E-state index contributed by atoms with van der Waals surface area (Å²) in [5.74, 6) is 0.596. The molecule has 3 rings (SSSR count). The molecule has 0 radical (unpaired) electrons. The van der Waals surface area contributed by atoms with Crippen molar-refractivity contribution in [1.82, 2.24) is 4.90 Å². The van der Waals surface area contributed by atoms with Crippen molar-refractivity contribution in [2.24, 2.45) is 11.8 Å². The van der Waals surface area contributed by atoms with E-state index >= 15 is 0 Å². The van der Waals surface area contributed by atoms with Gasteiger partial charge in [-0.15, -0.1) is 0 Å². The summed E-state index contributed by atoms with van der Waals surface area (Å²) in [5, 5.41) is 3.09. The average Bonchev–Trinajstić information content (AvgIpc) is 2.65. The Morgan fingerprint density at radius 3 is 2.28 bits per heavy atom. The first kappa shape index (κ1) is 18.0. The fourth-order valence-corrected chi connectivity index (χ4v) is 4.10. The number of amides is 2. The van der Waals surface area contributed by atoms with Gasteiger partial charge >= 0.3 is 0 Å². The second kappa shape index (κ2) is 8.03. The summed E-state index contributed by atoms with van der Waals surface area (Å²) < 4.78 is 0. The van der Waals surface area contributed by atoms with Crippen molar-refractivity contribution in [3.63, 3.8) is 0 Å². The number of carbonyl (C=O) groups is 2. The van der Waals surface area contributed by atoms with E-state index in [2.05, 4.69) is 18.3 Å². The minimum Gasteiger partial charge on any atom is -0.342 e. The molecule has 25 heavy (non-hydrogen) atoms. The van der Waals surface area contributed by atoms with Gasteiger partial charge in [0.15, 0.2) is 0 Å². The Hall–Kier alpha value is -1.84. The molecule has 0 bridgehead atoms. The van der Waals surface area contributed by atoms with Crippen LogP contribution >= 0.6 is 0 Å². The van der Waals surface area contributed by atoms with Crippen molar-refractivity contribution in [1.29, 1.82) is 0 Å². The van der Waals surface area contributed by atoms with Gasteiger partial charge < -0.3 is 10.2 Å². The Balaban J connectivity index is 1.52. The zero-order valence-corrected chi connectivity index (χ0v) is 15.5. The van der Waals surface area contributed by atoms with E-state index in [-0.39, 0.29) is 17.7 Å². The molecule has 0 unspecified atom stereocenters. The highest BCUT2D eigenvalue weighted by molar-refractivity contribution is 5.93. The molecule has 2 aliphatic rings. The Morgan fingerprint density at radius 2 is 1.60 bits per heavy atom. The Morgan fingerprint density at radius 1 is 0.960 bits per heavy atom. The number of likely N-dealkylation sites (tertiary alicyclic amines) is 1. The van der Waals surface area contributed by atoms with Crippen molar-refractivity contribution in [2.75, 3.05) is 18.4 Å². The third kappa shape index (κ3) is 4.23. The van der Waals surface area contributed by atoms with E-state index < -0.39 is 0 Å². The molecular formula is C21H30N2O2. The summed E-state index contributed by atoms with van der Waals surface area (Å²) >= 11 is 0. The quantitative estimate of drug-likeness (QED) is 0.900. The van der Waals surface area contributed by atoms with Crippen LogP contribution < -0.4 is 5.32 Å². The molecule has 0 atom stereocenters. The second-order valence-electron chi connectivity index (χ2n) is 7.67. The van der Waals surface area contributed by atoms with Crippen LogP contribution in [0, 0.1) is 25.7 Å². The summed E-state index contributed by atoms with van der Waals surface area (Å²) in [7, 11) is 0. The lowest BCUT2D eigenvalue weighted by Gasteiger charge is -2.33. The number of piperidine rings is 1. The number of hydrogen-bond acceptors (Lipinski definition) is 2. The van der Waals surface area contributed by atoms with Gasteiger partial charge in [-0.2, -0.15) is 0 Å². The number of nitrogens with one attached hydrogen (secondary N) is 1. The molecule has 1 N–H and O–H groups in total. The Labute approximate surface area is 151 Å². The first-order valence-electron chi connectivity index (χ1n) is 9.72. The van der Waals surface area contributed by atoms with Crippen LogP contribution in [-0.2, 0) is 9.59 Å². The van der Waals surface area contributed by atoms with E-state index in [0.717, 1.165) is 62.9 Å². The highest BCUT2D eigenvalue weighted by Crippen LogP contribution is 2.32. The van der Waals surface area contributed by atoms with Gasteiger partial charge in [0.25, 0.3) is 0 Å². The minimum absolute atomic E-state index is 0.0327. The number of carbonyl (C=O) groups excluding carboxylic acids is 2. The topological polar surface area (TPSA) is 49.4 Å². The normalized spacial score (nSPS) is 24.0. The van der Waals surface area contributed by atoms with Gasteiger partial charge in [-0.3, -0.25) is 9.59 Å². The van der Waals surface area contributed by atoms with Crippen LogP contribution in [0.5, 0.6) is 0 Å². The van der Waals surface area contributed by atoms with E-state index in [1.54, 1.807) is 0 Å². The standard InChI is InChI=1S/C21H30N2O2/c1-15-7-6-8-19(16(15)2)22-20(24)17-9-11-18(12-10-17)21(25)23-13-4-3-5-14-23/h6-8,17-18H,3-5,9-14H2,1-2H3,(H,22,24). The van der Waals surface area contributed by atoms with Gasteiger partial charge in [-0.25, -0.2) is 0 Å². The number of aryl methyl sites for hydroxylation is 1. The minimum atomic E-state index is 0.0327. The molecule has 1 aliphatic heterocycles. The van der Waals surface area contributed by atoms with Crippen molar-refractivity contribution >= 4 is 17.5 Å². The summed E-state index contributed by atoms with van der Waals surface area (Å²) in [6.07, 6.45) is 6.86. The zero-order chi connectivity index (χ0) is 17.8. The van der Waals surface area contributed by atoms with Gasteiger partial charge in [-0.05, 0) is 76.0 Å². The third-order valence-corrected chi connectivity index (χ3v) is 5.98. The molecule has 1 saturated carbocycles. The molecule has 2 amide bonds. The van der Waals surface area contributed by atoms with Gasteiger partial charge in [0, 0.05) is 30.6 Å². The maximum atomic E-state index is 12.6. The summed E-state index contributed by atoms with van der Waals surface area (Å²) in [6.45, 7) is 5.94. The Bertz CT molecular complexity index is 627. The highest BCUT2D eigenvalue weighted by atomic mass is 16.2. The van der Waals surface area contributed by atoms with Crippen molar-refractivity contribution in [2.45, 2.75) is 58.8 Å². The van der Waals surface area contributed by atoms with Gasteiger partial charge in [-0.1, -0.05) is 12.1 Å². The zero-order valence-electron chi connectivity index (χ0n) is 15.5. The summed E-state index contributed by atoms with van der Waals surface area (Å²) in [6, 6.07) is 6.00. The van der Waals surface area contributed by atoms with Gasteiger partial charge in [0.1, 0.15) is 0 Å². The van der Waals surface area contributed by atoms with Gasteiger partial charge in [0.05, 0.1) is 0 Å². The van der Waals surface area contributed by atoms with Crippen molar-refractivity contribution in [3.05, 3.63) is 29.3 Å². The van der Waals surface area contributed by atoms with E-state index in [1.807, 2.05) is 24.0 Å². The molecule has 1 aromatic rings. The summed E-state index contributed by atoms with van der Waals surface area (Å²) in [4.78, 5) is 27.3. The smallest absolute Gasteiger partial charge is 0.227 e. The lowest BCUT2D eigenvalue weighted by Crippen LogP contribution is -2.41. The average molecular weight is 342 g/mol. The van der Waals surface area contributed by atoms with E-state index in [1.165, 1.54) is 12.0 Å². The Kier molecular flexibility index (Phi) is 5.77. The molecule has 0 aromatic heterocycles. The number of rotatable bonds is 3. The molecule has 1 saturated heterocycles. The number of nitrogens with zero attached hydrogens (tertiary/aromatic N) is 1. The molecule has 2 fully saturated rings. The number of benzene rings is 1. The lowest BCUT2D eigenvalue weighted by atomic mass is 9.80. The van der Waals surface area contributed by atoms with Crippen LogP contribution in [0.2, 0.25) is 0 Å². The second-order valence-corrected chi connectivity index (χ2v) is 7.67. The molecule has 4 heteroatoms. The molecule has 1 aromatic carbocycles.